The van der Waals surface area contributed by atoms with Gasteiger partial charge in [0.25, 0.3) is 0 Å². The molecule has 0 radical (unpaired) electrons. The average molecular weight is 262 g/mol. The Labute approximate surface area is 114 Å². The number of carbonyl (C=O) groups excluding carboxylic acids is 1. The van der Waals surface area contributed by atoms with E-state index in [1.807, 2.05) is 24.3 Å². The van der Waals surface area contributed by atoms with E-state index >= 15 is 0 Å². The summed E-state index contributed by atoms with van der Waals surface area (Å²) in [6, 6.07) is 7.60. The van der Waals surface area contributed by atoms with Crippen molar-refractivity contribution in [2.75, 3.05) is 12.4 Å². The fourth-order valence-electron chi connectivity index (χ4n) is 2.52. The summed E-state index contributed by atoms with van der Waals surface area (Å²) in [4.78, 5) is 12.0. The predicted octanol–water partition coefficient (Wildman–Crippen LogP) is 3.54. The molecule has 0 atom stereocenters. The van der Waals surface area contributed by atoms with Crippen molar-refractivity contribution in [3.05, 3.63) is 24.3 Å². The van der Waals surface area contributed by atoms with Crippen molar-refractivity contribution >= 4 is 11.7 Å². The first-order chi connectivity index (χ1) is 9.29. The van der Waals surface area contributed by atoms with Crippen LogP contribution in [0.1, 0.15) is 38.5 Å². The van der Waals surface area contributed by atoms with Gasteiger partial charge < -0.3 is 15.4 Å². The van der Waals surface area contributed by atoms with E-state index in [0.29, 0.717) is 17.5 Å². The van der Waals surface area contributed by atoms with Gasteiger partial charge in [0.2, 0.25) is 0 Å². The summed E-state index contributed by atoms with van der Waals surface area (Å²) in [7, 11) is 1.60. The summed E-state index contributed by atoms with van der Waals surface area (Å²) in [6.45, 7) is 0. The van der Waals surface area contributed by atoms with E-state index in [4.69, 9.17) is 4.74 Å². The molecule has 2 amide bonds. The molecular weight excluding hydrogens is 240 g/mol. The van der Waals surface area contributed by atoms with Crippen LogP contribution in [-0.2, 0) is 0 Å². The number of rotatable bonds is 3. The molecule has 0 spiro atoms. The second kappa shape index (κ2) is 7.02. The van der Waals surface area contributed by atoms with Gasteiger partial charge in [0, 0.05) is 6.04 Å². The molecule has 104 valence electrons. The van der Waals surface area contributed by atoms with Crippen LogP contribution in [-0.4, -0.2) is 19.2 Å². The first kappa shape index (κ1) is 13.7. The number of benzene rings is 1. The summed E-state index contributed by atoms with van der Waals surface area (Å²) in [5.74, 6) is 0.679. The molecular formula is C15H22N2O2. The number of para-hydroxylation sites is 2. The highest BCUT2D eigenvalue weighted by Crippen LogP contribution is 2.23. The molecule has 4 nitrogen and oxygen atoms in total. The van der Waals surface area contributed by atoms with Crippen molar-refractivity contribution in [3.8, 4) is 5.75 Å². The van der Waals surface area contributed by atoms with Crippen LogP contribution in [0, 0.1) is 0 Å². The van der Waals surface area contributed by atoms with Gasteiger partial charge in [0.05, 0.1) is 12.8 Å². The molecule has 0 heterocycles. The van der Waals surface area contributed by atoms with Crippen molar-refractivity contribution in [3.63, 3.8) is 0 Å². The normalized spacial score (nSPS) is 16.5. The smallest absolute Gasteiger partial charge is 0.319 e. The molecule has 0 saturated heterocycles. The lowest BCUT2D eigenvalue weighted by Gasteiger charge is -2.17. The fourth-order valence-corrected chi connectivity index (χ4v) is 2.52. The number of nitrogens with one attached hydrogen (secondary N) is 2. The second-order valence-electron chi connectivity index (χ2n) is 4.99. The number of hydrogen-bond acceptors (Lipinski definition) is 2. The molecule has 0 aliphatic heterocycles. The lowest BCUT2D eigenvalue weighted by molar-refractivity contribution is 0.247. The maximum absolute atomic E-state index is 12.0. The number of anilines is 1. The summed E-state index contributed by atoms with van der Waals surface area (Å²) in [5.41, 5.74) is 0.705. The van der Waals surface area contributed by atoms with Crippen molar-refractivity contribution in [2.45, 2.75) is 44.6 Å². The standard InChI is InChI=1S/C15H22N2O2/c1-19-14-11-7-6-10-13(14)17-15(18)16-12-8-4-2-3-5-9-12/h6-7,10-12H,2-5,8-9H2,1H3,(H2,16,17,18). The van der Waals surface area contributed by atoms with Crippen LogP contribution in [0.25, 0.3) is 0 Å². The topological polar surface area (TPSA) is 50.4 Å². The largest absolute Gasteiger partial charge is 0.495 e. The van der Waals surface area contributed by atoms with Gasteiger partial charge >= 0.3 is 6.03 Å². The minimum Gasteiger partial charge on any atom is -0.495 e. The van der Waals surface area contributed by atoms with Crippen LogP contribution in [0.3, 0.4) is 0 Å². The number of ether oxygens (including phenoxy) is 1. The van der Waals surface area contributed by atoms with E-state index in [1.54, 1.807) is 7.11 Å². The van der Waals surface area contributed by atoms with Crippen LogP contribution in [0.5, 0.6) is 5.75 Å². The number of hydrogen-bond donors (Lipinski definition) is 2. The van der Waals surface area contributed by atoms with Crippen LogP contribution in [0.2, 0.25) is 0 Å². The zero-order chi connectivity index (χ0) is 13.5. The first-order valence-electron chi connectivity index (χ1n) is 7.00. The zero-order valence-corrected chi connectivity index (χ0v) is 11.4. The second-order valence-corrected chi connectivity index (χ2v) is 4.99. The van der Waals surface area contributed by atoms with E-state index in [9.17, 15) is 4.79 Å². The fraction of sp³-hybridized carbons (Fsp3) is 0.533. The minimum absolute atomic E-state index is 0.142. The quantitative estimate of drug-likeness (QED) is 0.819. The van der Waals surface area contributed by atoms with Crippen LogP contribution < -0.4 is 15.4 Å². The monoisotopic (exact) mass is 262 g/mol. The maximum atomic E-state index is 12.0. The van der Waals surface area contributed by atoms with Crippen molar-refractivity contribution in [1.29, 1.82) is 0 Å². The van der Waals surface area contributed by atoms with Crippen molar-refractivity contribution in [1.82, 2.24) is 5.32 Å². The van der Waals surface area contributed by atoms with E-state index in [2.05, 4.69) is 10.6 Å². The lowest BCUT2D eigenvalue weighted by Crippen LogP contribution is -2.37. The first-order valence-corrected chi connectivity index (χ1v) is 7.00. The number of methoxy groups -OCH3 is 1. The zero-order valence-electron chi connectivity index (χ0n) is 11.4. The molecule has 4 heteroatoms. The van der Waals surface area contributed by atoms with E-state index in [1.165, 1.54) is 25.7 Å². The Kier molecular flexibility index (Phi) is 5.07. The molecule has 19 heavy (non-hydrogen) atoms. The Hall–Kier alpha value is -1.71. The Morgan fingerprint density at radius 3 is 2.53 bits per heavy atom. The maximum Gasteiger partial charge on any atom is 0.319 e. The molecule has 1 saturated carbocycles. The third kappa shape index (κ3) is 4.16. The predicted molar refractivity (Wildman–Crippen MR) is 76.6 cm³/mol. The SMILES string of the molecule is COc1ccccc1NC(=O)NC1CCCCCC1. The molecule has 1 aliphatic carbocycles. The lowest BCUT2D eigenvalue weighted by atomic mass is 10.1. The molecule has 2 N–H and O–H groups in total. The highest BCUT2D eigenvalue weighted by atomic mass is 16.5. The van der Waals surface area contributed by atoms with Gasteiger partial charge in [-0.15, -0.1) is 0 Å². The van der Waals surface area contributed by atoms with E-state index in [-0.39, 0.29) is 6.03 Å². The molecule has 0 aromatic heterocycles. The number of amides is 2. The van der Waals surface area contributed by atoms with Gasteiger partial charge in [-0.25, -0.2) is 4.79 Å². The molecule has 2 rings (SSSR count). The van der Waals surface area contributed by atoms with Gasteiger partial charge in [0.1, 0.15) is 5.75 Å². The molecule has 0 unspecified atom stereocenters. The van der Waals surface area contributed by atoms with Crippen molar-refractivity contribution in [2.24, 2.45) is 0 Å². The van der Waals surface area contributed by atoms with Crippen molar-refractivity contribution < 1.29 is 9.53 Å². The Balaban J connectivity index is 1.89. The summed E-state index contributed by atoms with van der Waals surface area (Å²) in [5, 5.41) is 5.91. The molecule has 0 bridgehead atoms. The average Bonchev–Trinajstić information content (AvgIpc) is 2.68. The number of carbonyl (C=O) groups is 1. The van der Waals surface area contributed by atoms with Crippen LogP contribution in [0.4, 0.5) is 10.5 Å². The highest BCUT2D eigenvalue weighted by molar-refractivity contribution is 5.91. The van der Waals surface area contributed by atoms with Crippen LogP contribution in [0.15, 0.2) is 24.3 Å². The molecule has 1 aromatic rings. The number of urea groups is 1. The van der Waals surface area contributed by atoms with Gasteiger partial charge in [-0.3, -0.25) is 0 Å². The third-order valence-electron chi connectivity index (χ3n) is 3.55. The molecule has 1 fully saturated rings. The van der Waals surface area contributed by atoms with E-state index in [0.717, 1.165) is 12.8 Å². The molecule has 1 aliphatic rings. The Bertz CT molecular complexity index is 412. The molecule has 1 aromatic carbocycles. The van der Waals surface area contributed by atoms with E-state index < -0.39 is 0 Å². The van der Waals surface area contributed by atoms with Gasteiger partial charge in [-0.1, -0.05) is 37.8 Å². The van der Waals surface area contributed by atoms with Crippen LogP contribution >= 0.6 is 0 Å². The van der Waals surface area contributed by atoms with Gasteiger partial charge in [0.15, 0.2) is 0 Å². The van der Waals surface area contributed by atoms with Gasteiger partial charge in [-0.2, -0.15) is 0 Å². The minimum atomic E-state index is -0.142. The van der Waals surface area contributed by atoms with Gasteiger partial charge in [-0.05, 0) is 25.0 Å². The summed E-state index contributed by atoms with van der Waals surface area (Å²) >= 11 is 0. The summed E-state index contributed by atoms with van der Waals surface area (Å²) < 4.78 is 5.21. The Morgan fingerprint density at radius 1 is 1.16 bits per heavy atom. The Morgan fingerprint density at radius 2 is 1.84 bits per heavy atom. The highest BCUT2D eigenvalue weighted by Gasteiger charge is 2.15. The third-order valence-corrected chi connectivity index (χ3v) is 3.55. The summed E-state index contributed by atoms with van der Waals surface area (Å²) in [6.07, 6.45) is 7.15.